The molecule has 9 heteroatoms. The van der Waals surface area contributed by atoms with Gasteiger partial charge >= 0.3 is 0 Å². The lowest BCUT2D eigenvalue weighted by atomic mass is 10.1. The molecule has 9 nitrogen and oxygen atoms in total. The third-order valence-electron chi connectivity index (χ3n) is 4.54. The number of fused-ring (bicyclic) bond motifs is 1. The number of amides is 1. The van der Waals surface area contributed by atoms with E-state index in [0.717, 1.165) is 4.68 Å². The molecule has 0 saturated heterocycles. The molecule has 0 spiro atoms. The predicted octanol–water partition coefficient (Wildman–Crippen LogP) is 2.61. The summed E-state index contributed by atoms with van der Waals surface area (Å²) in [5.74, 6) is 1.16. The summed E-state index contributed by atoms with van der Waals surface area (Å²) >= 11 is 0. The Morgan fingerprint density at radius 2 is 2.04 bits per heavy atom. The Hall–Kier alpha value is -3.36. The summed E-state index contributed by atoms with van der Waals surface area (Å²) in [6.07, 6.45) is 0.354. The van der Waals surface area contributed by atoms with E-state index in [1.165, 1.54) is 14.2 Å². The number of nitrogens with one attached hydrogen (secondary N) is 1. The normalized spacial score (nSPS) is 12.0. The number of aromatic nitrogens is 3. The Morgan fingerprint density at radius 1 is 1.29 bits per heavy atom. The zero-order chi connectivity index (χ0) is 20.4. The summed E-state index contributed by atoms with van der Waals surface area (Å²) in [5, 5.41) is 11.5. The van der Waals surface area contributed by atoms with E-state index in [9.17, 15) is 9.59 Å². The molecule has 0 aliphatic heterocycles. The third-order valence-corrected chi connectivity index (χ3v) is 4.54. The number of rotatable bonds is 6. The Kier molecular flexibility index (Phi) is 5.34. The molecule has 1 unspecified atom stereocenters. The van der Waals surface area contributed by atoms with Gasteiger partial charge in [-0.05, 0) is 32.4 Å². The van der Waals surface area contributed by atoms with Crippen molar-refractivity contribution in [1.82, 2.24) is 14.9 Å². The molecular weight excluding hydrogens is 364 g/mol. The molecule has 0 aliphatic carbocycles. The molecule has 0 bridgehead atoms. The van der Waals surface area contributed by atoms with Gasteiger partial charge in [-0.2, -0.15) is 5.10 Å². The summed E-state index contributed by atoms with van der Waals surface area (Å²) < 4.78 is 16.8. The van der Waals surface area contributed by atoms with Crippen LogP contribution in [-0.4, -0.2) is 35.1 Å². The number of carbonyl (C=O) groups is 1. The van der Waals surface area contributed by atoms with Crippen LogP contribution in [0.5, 0.6) is 11.5 Å². The second kappa shape index (κ2) is 7.71. The molecule has 0 aliphatic rings. The van der Waals surface area contributed by atoms with Gasteiger partial charge in [0.25, 0.3) is 5.56 Å². The zero-order valence-corrected chi connectivity index (χ0v) is 16.4. The van der Waals surface area contributed by atoms with Crippen molar-refractivity contribution in [3.63, 3.8) is 0 Å². The van der Waals surface area contributed by atoms with Gasteiger partial charge in [-0.3, -0.25) is 9.59 Å². The molecule has 3 aromatic rings. The maximum Gasteiger partial charge on any atom is 0.297 e. The minimum atomic E-state index is -0.830. The van der Waals surface area contributed by atoms with E-state index in [1.54, 1.807) is 39.0 Å². The van der Waals surface area contributed by atoms with Crippen molar-refractivity contribution in [2.75, 3.05) is 19.5 Å². The highest BCUT2D eigenvalue weighted by atomic mass is 16.5. The summed E-state index contributed by atoms with van der Waals surface area (Å²) in [5.41, 5.74) is 0.694. The highest BCUT2D eigenvalue weighted by Crippen LogP contribution is 2.30. The average Bonchev–Trinajstić information content (AvgIpc) is 3.08. The lowest BCUT2D eigenvalue weighted by Gasteiger charge is -2.18. The van der Waals surface area contributed by atoms with Crippen LogP contribution in [0, 0.1) is 13.8 Å². The van der Waals surface area contributed by atoms with Crippen LogP contribution in [0.15, 0.2) is 27.5 Å². The van der Waals surface area contributed by atoms with Crippen molar-refractivity contribution >= 4 is 22.5 Å². The molecule has 28 heavy (non-hydrogen) atoms. The largest absolute Gasteiger partial charge is 0.497 e. The van der Waals surface area contributed by atoms with Crippen LogP contribution >= 0.6 is 0 Å². The van der Waals surface area contributed by atoms with Gasteiger partial charge in [0.15, 0.2) is 5.52 Å². The van der Waals surface area contributed by atoms with E-state index < -0.39 is 17.5 Å². The Morgan fingerprint density at radius 3 is 2.68 bits per heavy atom. The number of nitrogens with zero attached hydrogens (tertiary/aromatic N) is 3. The fourth-order valence-electron chi connectivity index (χ4n) is 3.12. The molecule has 148 valence electrons. The molecule has 2 aromatic heterocycles. The van der Waals surface area contributed by atoms with Gasteiger partial charge in [0.05, 0.1) is 31.0 Å². The molecule has 0 fully saturated rings. The fourth-order valence-corrected chi connectivity index (χ4v) is 3.12. The van der Waals surface area contributed by atoms with E-state index in [2.05, 4.69) is 15.6 Å². The van der Waals surface area contributed by atoms with Crippen molar-refractivity contribution < 1.29 is 18.8 Å². The topological polar surface area (TPSA) is 108 Å². The van der Waals surface area contributed by atoms with Crippen LogP contribution in [0.1, 0.15) is 30.8 Å². The van der Waals surface area contributed by atoms with E-state index in [4.69, 9.17) is 14.0 Å². The third kappa shape index (κ3) is 3.30. The van der Waals surface area contributed by atoms with Gasteiger partial charge in [-0.25, -0.2) is 4.68 Å². The number of aryl methyl sites for hydroxylation is 2. The first-order chi connectivity index (χ1) is 13.4. The van der Waals surface area contributed by atoms with E-state index >= 15 is 0 Å². The fraction of sp³-hybridized carbons (Fsp3) is 0.368. The Balaban J connectivity index is 2.01. The lowest BCUT2D eigenvalue weighted by Crippen LogP contribution is -2.35. The van der Waals surface area contributed by atoms with Crippen LogP contribution < -0.4 is 20.3 Å². The quantitative estimate of drug-likeness (QED) is 0.693. The number of benzene rings is 1. The van der Waals surface area contributed by atoms with Gasteiger partial charge in [0, 0.05) is 6.07 Å². The average molecular weight is 386 g/mol. The minimum Gasteiger partial charge on any atom is -0.497 e. The van der Waals surface area contributed by atoms with Crippen LogP contribution in [0.25, 0.3) is 10.9 Å². The van der Waals surface area contributed by atoms with E-state index in [1.807, 2.05) is 0 Å². The highest BCUT2D eigenvalue weighted by molar-refractivity contribution is 5.95. The van der Waals surface area contributed by atoms with Gasteiger partial charge in [-0.1, -0.05) is 12.1 Å². The van der Waals surface area contributed by atoms with Gasteiger partial charge < -0.3 is 19.3 Å². The number of hydrogen-bond donors (Lipinski definition) is 1. The van der Waals surface area contributed by atoms with Crippen molar-refractivity contribution in [3.05, 3.63) is 40.0 Å². The van der Waals surface area contributed by atoms with E-state index in [0.29, 0.717) is 40.4 Å². The molecule has 1 N–H and O–H groups in total. The SMILES string of the molecule is CCC(C(=O)Nc1cc(OC)ccc1OC)n1nc(C)c2c(C)onc2c1=O. The monoisotopic (exact) mass is 386 g/mol. The predicted molar refractivity (Wildman–Crippen MR) is 103 cm³/mol. The van der Waals surface area contributed by atoms with Gasteiger partial charge in [0.1, 0.15) is 23.3 Å². The molecule has 1 atom stereocenters. The number of methoxy groups -OCH3 is 2. The maximum atomic E-state index is 13.0. The Labute approximate surface area is 161 Å². The summed E-state index contributed by atoms with van der Waals surface area (Å²) in [4.78, 5) is 25.8. The smallest absolute Gasteiger partial charge is 0.297 e. The van der Waals surface area contributed by atoms with Crippen molar-refractivity contribution in [1.29, 1.82) is 0 Å². The summed E-state index contributed by atoms with van der Waals surface area (Å²) in [6.45, 7) is 5.26. The standard InChI is InChI=1S/C19H22N4O5/c1-6-14(18(24)20-13-9-12(26-4)7-8-15(13)27-5)23-19(25)17-16(10(2)21-23)11(3)28-22-17/h7-9,14H,6H2,1-5H3,(H,20,24). The lowest BCUT2D eigenvalue weighted by molar-refractivity contribution is -0.119. The number of ether oxygens (including phenoxy) is 2. The molecule has 1 aromatic carbocycles. The molecule has 0 radical (unpaired) electrons. The van der Waals surface area contributed by atoms with Crippen LogP contribution in [0.4, 0.5) is 5.69 Å². The van der Waals surface area contributed by atoms with E-state index in [-0.39, 0.29) is 5.52 Å². The first kappa shape index (κ1) is 19.4. The van der Waals surface area contributed by atoms with Crippen molar-refractivity contribution in [2.24, 2.45) is 0 Å². The number of hydrogen-bond acceptors (Lipinski definition) is 7. The van der Waals surface area contributed by atoms with Gasteiger partial charge in [-0.15, -0.1) is 0 Å². The summed E-state index contributed by atoms with van der Waals surface area (Å²) in [7, 11) is 3.04. The van der Waals surface area contributed by atoms with Crippen LogP contribution in [-0.2, 0) is 4.79 Å². The van der Waals surface area contributed by atoms with Crippen molar-refractivity contribution in [2.45, 2.75) is 33.2 Å². The first-order valence-electron chi connectivity index (χ1n) is 8.79. The minimum absolute atomic E-state index is 0.162. The molecular formula is C19H22N4O5. The maximum absolute atomic E-state index is 13.0. The number of anilines is 1. The van der Waals surface area contributed by atoms with Crippen LogP contribution in [0.3, 0.4) is 0 Å². The van der Waals surface area contributed by atoms with Crippen LogP contribution in [0.2, 0.25) is 0 Å². The second-order valence-corrected chi connectivity index (χ2v) is 6.28. The van der Waals surface area contributed by atoms with Crippen molar-refractivity contribution in [3.8, 4) is 11.5 Å². The van der Waals surface area contributed by atoms with Gasteiger partial charge in [0.2, 0.25) is 5.91 Å². The Bertz CT molecular complexity index is 1090. The summed E-state index contributed by atoms with van der Waals surface area (Å²) in [6, 6.07) is 4.23. The zero-order valence-electron chi connectivity index (χ0n) is 16.4. The molecule has 0 saturated carbocycles. The first-order valence-corrected chi connectivity index (χ1v) is 8.79. The molecule has 1 amide bonds. The molecule has 2 heterocycles. The molecule has 3 rings (SSSR count). The highest BCUT2D eigenvalue weighted by Gasteiger charge is 2.25. The number of carbonyl (C=O) groups excluding carboxylic acids is 1. The second-order valence-electron chi connectivity index (χ2n) is 6.28.